The highest BCUT2D eigenvalue weighted by molar-refractivity contribution is 4.64. The molecule has 100 valence electrons. The third-order valence-electron chi connectivity index (χ3n) is 2.59. The predicted octanol–water partition coefficient (Wildman–Crippen LogP) is 0.775. The van der Waals surface area contributed by atoms with E-state index in [1.165, 1.54) is 0 Å². The molecule has 4 heteroatoms. The van der Waals surface area contributed by atoms with Crippen molar-refractivity contribution in [2.45, 2.75) is 40.0 Å². The van der Waals surface area contributed by atoms with Gasteiger partial charge in [-0.15, -0.1) is 0 Å². The van der Waals surface area contributed by atoms with Crippen LogP contribution in [0, 0.1) is 11.3 Å². The zero-order valence-electron chi connectivity index (χ0n) is 10.8. The van der Waals surface area contributed by atoms with Crippen LogP contribution in [0.2, 0.25) is 0 Å². The molecule has 0 aliphatic rings. The number of hydrogen-bond acceptors (Lipinski definition) is 4. The minimum absolute atomic E-state index is 0.102. The molecule has 0 heterocycles. The minimum Gasteiger partial charge on any atom is -0.396 e. The fourth-order valence-electron chi connectivity index (χ4n) is 0.989. The van der Waals surface area contributed by atoms with Crippen molar-refractivity contribution in [3.8, 4) is 0 Å². The summed E-state index contributed by atoms with van der Waals surface area (Å²) in [6, 6.07) is 0. The molecule has 0 saturated heterocycles. The second-order valence-corrected chi connectivity index (χ2v) is 4.77. The van der Waals surface area contributed by atoms with Gasteiger partial charge in [-0.25, -0.2) is 0 Å². The van der Waals surface area contributed by atoms with Crippen molar-refractivity contribution >= 4 is 0 Å². The van der Waals surface area contributed by atoms with Crippen molar-refractivity contribution in [3.05, 3.63) is 0 Å². The molecule has 16 heavy (non-hydrogen) atoms. The average molecular weight is 236 g/mol. The zero-order valence-corrected chi connectivity index (χ0v) is 10.8. The Labute approximate surface area is 98.9 Å². The summed E-state index contributed by atoms with van der Waals surface area (Å²) < 4.78 is 0. The maximum Gasteiger partial charge on any atom is 0.0482 e. The van der Waals surface area contributed by atoms with Crippen LogP contribution in [-0.4, -0.2) is 46.9 Å². The number of aliphatic hydroxyl groups excluding tert-OH is 4. The summed E-state index contributed by atoms with van der Waals surface area (Å²) >= 11 is 0. The lowest BCUT2D eigenvalue weighted by Gasteiger charge is -2.18. The average Bonchev–Trinajstić information content (AvgIpc) is 2.27. The number of rotatable bonds is 7. The molecule has 0 aliphatic carbocycles. The summed E-state index contributed by atoms with van der Waals surface area (Å²) in [6.07, 6.45) is 2.35. The SMILES string of the molecule is CC(C)(CO)CCO.CCC(CO)CCO. The summed E-state index contributed by atoms with van der Waals surface area (Å²) in [6.45, 7) is 6.56. The van der Waals surface area contributed by atoms with Gasteiger partial charge in [0.15, 0.2) is 0 Å². The smallest absolute Gasteiger partial charge is 0.0482 e. The molecule has 1 atom stereocenters. The normalized spacial score (nSPS) is 12.9. The van der Waals surface area contributed by atoms with Crippen LogP contribution in [-0.2, 0) is 0 Å². The largest absolute Gasteiger partial charge is 0.396 e. The molecule has 0 radical (unpaired) electrons. The highest BCUT2D eigenvalue weighted by Gasteiger charge is 2.14. The lowest BCUT2D eigenvalue weighted by molar-refractivity contribution is 0.122. The van der Waals surface area contributed by atoms with Gasteiger partial charge in [0.05, 0.1) is 0 Å². The molecule has 0 aromatic carbocycles. The quantitative estimate of drug-likeness (QED) is 0.526. The molecule has 0 aliphatic heterocycles. The fraction of sp³-hybridized carbons (Fsp3) is 1.00. The first kappa shape index (κ1) is 18.2. The molecule has 0 saturated carbocycles. The summed E-state index contributed by atoms with van der Waals surface area (Å²) in [4.78, 5) is 0. The van der Waals surface area contributed by atoms with Gasteiger partial charge < -0.3 is 20.4 Å². The summed E-state index contributed by atoms with van der Waals surface area (Å²) in [5, 5.41) is 34.0. The molecule has 0 spiro atoms. The Bertz CT molecular complexity index is 133. The first-order chi connectivity index (χ1) is 7.47. The molecule has 0 aromatic rings. The van der Waals surface area contributed by atoms with Gasteiger partial charge in [-0.2, -0.15) is 0 Å². The van der Waals surface area contributed by atoms with Gasteiger partial charge >= 0.3 is 0 Å². The van der Waals surface area contributed by atoms with Gasteiger partial charge in [-0.05, 0) is 24.2 Å². The Hall–Kier alpha value is -0.160. The van der Waals surface area contributed by atoms with Gasteiger partial charge in [-0.3, -0.25) is 0 Å². The number of hydrogen-bond donors (Lipinski definition) is 4. The van der Waals surface area contributed by atoms with Crippen LogP contribution in [0.15, 0.2) is 0 Å². The van der Waals surface area contributed by atoms with Crippen LogP contribution in [0.1, 0.15) is 40.0 Å². The monoisotopic (exact) mass is 236 g/mol. The Morgan fingerprint density at radius 2 is 1.56 bits per heavy atom. The van der Waals surface area contributed by atoms with E-state index in [0.29, 0.717) is 12.3 Å². The predicted molar refractivity (Wildman–Crippen MR) is 65.1 cm³/mol. The van der Waals surface area contributed by atoms with Gasteiger partial charge in [0.2, 0.25) is 0 Å². The second kappa shape index (κ2) is 11.3. The van der Waals surface area contributed by atoms with Gasteiger partial charge in [-0.1, -0.05) is 27.2 Å². The maximum atomic E-state index is 8.61. The molecule has 4 nitrogen and oxygen atoms in total. The standard InChI is InChI=1S/2C6H14O2/c1-6(2,5-8)3-4-7;1-2-6(5-8)3-4-7/h7-8H,3-5H2,1-2H3;6-8H,2-5H2,1H3. The molecule has 1 unspecified atom stereocenters. The summed E-state index contributed by atoms with van der Waals surface area (Å²) in [7, 11) is 0. The van der Waals surface area contributed by atoms with Crippen molar-refractivity contribution in [3.63, 3.8) is 0 Å². The Kier molecular flexibility index (Phi) is 12.9. The van der Waals surface area contributed by atoms with Crippen molar-refractivity contribution in [2.24, 2.45) is 11.3 Å². The van der Waals surface area contributed by atoms with Crippen molar-refractivity contribution in [1.29, 1.82) is 0 Å². The van der Waals surface area contributed by atoms with E-state index in [1.807, 2.05) is 20.8 Å². The highest BCUT2D eigenvalue weighted by Crippen LogP contribution is 2.17. The minimum atomic E-state index is -0.102. The molecular formula is C12H28O4. The van der Waals surface area contributed by atoms with E-state index in [0.717, 1.165) is 12.8 Å². The molecule has 0 amide bonds. The van der Waals surface area contributed by atoms with E-state index >= 15 is 0 Å². The van der Waals surface area contributed by atoms with E-state index in [1.54, 1.807) is 0 Å². The highest BCUT2D eigenvalue weighted by atomic mass is 16.3. The fourth-order valence-corrected chi connectivity index (χ4v) is 0.989. The van der Waals surface area contributed by atoms with E-state index in [2.05, 4.69) is 0 Å². The topological polar surface area (TPSA) is 80.9 Å². The van der Waals surface area contributed by atoms with Gasteiger partial charge in [0.1, 0.15) is 0 Å². The van der Waals surface area contributed by atoms with Crippen LogP contribution in [0.4, 0.5) is 0 Å². The van der Waals surface area contributed by atoms with Gasteiger partial charge in [0.25, 0.3) is 0 Å². The third kappa shape index (κ3) is 11.9. The van der Waals surface area contributed by atoms with E-state index in [-0.39, 0.29) is 31.8 Å². The van der Waals surface area contributed by atoms with E-state index < -0.39 is 0 Å². The molecule has 0 rings (SSSR count). The van der Waals surface area contributed by atoms with E-state index in [9.17, 15) is 0 Å². The molecule has 0 aromatic heterocycles. The zero-order chi connectivity index (χ0) is 13.0. The third-order valence-corrected chi connectivity index (χ3v) is 2.59. The Balaban J connectivity index is 0. The first-order valence-corrected chi connectivity index (χ1v) is 5.90. The molecule has 4 N–H and O–H groups in total. The molecule has 0 bridgehead atoms. The number of aliphatic hydroxyl groups is 4. The second-order valence-electron chi connectivity index (χ2n) is 4.77. The van der Waals surface area contributed by atoms with E-state index in [4.69, 9.17) is 20.4 Å². The summed E-state index contributed by atoms with van der Waals surface area (Å²) in [5.41, 5.74) is -0.102. The first-order valence-electron chi connectivity index (χ1n) is 5.90. The van der Waals surface area contributed by atoms with Crippen LogP contribution in [0.3, 0.4) is 0 Å². The van der Waals surface area contributed by atoms with Crippen LogP contribution < -0.4 is 0 Å². The van der Waals surface area contributed by atoms with Crippen molar-refractivity contribution in [1.82, 2.24) is 0 Å². The lowest BCUT2D eigenvalue weighted by Crippen LogP contribution is -2.17. The molecule has 0 fully saturated rings. The van der Waals surface area contributed by atoms with Crippen LogP contribution in [0.25, 0.3) is 0 Å². The summed E-state index contributed by atoms with van der Waals surface area (Å²) in [5.74, 6) is 0.306. The Morgan fingerprint density at radius 1 is 1.00 bits per heavy atom. The van der Waals surface area contributed by atoms with Crippen LogP contribution >= 0.6 is 0 Å². The lowest BCUT2D eigenvalue weighted by atomic mass is 9.91. The van der Waals surface area contributed by atoms with Crippen molar-refractivity contribution in [2.75, 3.05) is 26.4 Å². The van der Waals surface area contributed by atoms with Gasteiger partial charge in [0, 0.05) is 26.4 Å². The Morgan fingerprint density at radius 3 is 1.69 bits per heavy atom. The maximum absolute atomic E-state index is 8.61. The van der Waals surface area contributed by atoms with Crippen molar-refractivity contribution < 1.29 is 20.4 Å². The molecular weight excluding hydrogens is 208 g/mol. The van der Waals surface area contributed by atoms with Crippen LogP contribution in [0.5, 0.6) is 0 Å².